The zero-order chi connectivity index (χ0) is 19.5. The number of imide groups is 2. The van der Waals surface area contributed by atoms with Gasteiger partial charge in [-0.3, -0.25) is 29.4 Å². The number of rotatable bonds is 3. The van der Waals surface area contributed by atoms with Crippen LogP contribution in [-0.2, 0) is 9.59 Å². The van der Waals surface area contributed by atoms with Crippen LogP contribution in [0.25, 0.3) is 0 Å². The molecule has 0 bridgehead atoms. The van der Waals surface area contributed by atoms with E-state index in [1.54, 1.807) is 12.1 Å². The zero-order valence-electron chi connectivity index (χ0n) is 15.4. The lowest BCUT2D eigenvalue weighted by molar-refractivity contribution is -0.136. The minimum Gasteiger partial charge on any atom is -0.382 e. The van der Waals surface area contributed by atoms with Gasteiger partial charge in [0.1, 0.15) is 6.04 Å². The fourth-order valence-corrected chi connectivity index (χ4v) is 5.03. The summed E-state index contributed by atoms with van der Waals surface area (Å²) in [5.74, 6) is -1.90. The number of amides is 4. The van der Waals surface area contributed by atoms with Crippen molar-refractivity contribution in [3.63, 3.8) is 0 Å². The highest BCUT2D eigenvalue weighted by Gasteiger charge is 2.47. The first-order valence-corrected chi connectivity index (χ1v) is 9.79. The summed E-state index contributed by atoms with van der Waals surface area (Å²) in [7, 11) is 0. The van der Waals surface area contributed by atoms with Crippen LogP contribution in [0.2, 0.25) is 0 Å². The van der Waals surface area contributed by atoms with Crippen LogP contribution in [0, 0.1) is 5.41 Å². The smallest absolute Gasteiger partial charge is 0.262 e. The Morgan fingerprint density at radius 2 is 1.86 bits per heavy atom. The summed E-state index contributed by atoms with van der Waals surface area (Å²) < 4.78 is 0. The van der Waals surface area contributed by atoms with Crippen molar-refractivity contribution in [2.45, 2.75) is 44.2 Å². The molecule has 28 heavy (non-hydrogen) atoms. The van der Waals surface area contributed by atoms with Crippen molar-refractivity contribution in [3.05, 3.63) is 29.3 Å². The van der Waals surface area contributed by atoms with E-state index in [9.17, 15) is 19.2 Å². The SMILES string of the molecule is O=C1CCC(N2C(=O)c3ccc(NC4CC5(CCNC5)C4)cc3C2=O)C(=O)N1. The van der Waals surface area contributed by atoms with Crippen LogP contribution in [0.5, 0.6) is 0 Å². The molecule has 0 radical (unpaired) electrons. The van der Waals surface area contributed by atoms with Gasteiger partial charge < -0.3 is 10.6 Å². The molecule has 8 nitrogen and oxygen atoms in total. The second-order valence-corrected chi connectivity index (χ2v) is 8.38. The van der Waals surface area contributed by atoms with Crippen LogP contribution in [0.1, 0.15) is 52.8 Å². The predicted octanol–water partition coefficient (Wildman–Crippen LogP) is 0.642. The minimum absolute atomic E-state index is 0.120. The van der Waals surface area contributed by atoms with Crippen LogP contribution >= 0.6 is 0 Å². The first-order chi connectivity index (χ1) is 13.5. The molecule has 0 aromatic heterocycles. The average Bonchev–Trinajstić information content (AvgIpc) is 3.21. The summed E-state index contributed by atoms with van der Waals surface area (Å²) in [6.45, 7) is 2.15. The number of piperidine rings is 1. The third kappa shape index (κ3) is 2.63. The van der Waals surface area contributed by atoms with Crippen molar-refractivity contribution < 1.29 is 19.2 Å². The van der Waals surface area contributed by atoms with Gasteiger partial charge in [0, 0.05) is 24.7 Å². The maximum Gasteiger partial charge on any atom is 0.262 e. The van der Waals surface area contributed by atoms with Gasteiger partial charge in [-0.1, -0.05) is 0 Å². The van der Waals surface area contributed by atoms with Crippen LogP contribution in [0.3, 0.4) is 0 Å². The van der Waals surface area contributed by atoms with Crippen LogP contribution in [0.4, 0.5) is 5.69 Å². The van der Waals surface area contributed by atoms with Gasteiger partial charge in [-0.05, 0) is 55.8 Å². The topological polar surface area (TPSA) is 108 Å². The molecule has 1 aromatic carbocycles. The van der Waals surface area contributed by atoms with Crippen molar-refractivity contribution in [3.8, 4) is 0 Å². The molecule has 1 unspecified atom stereocenters. The van der Waals surface area contributed by atoms with Crippen molar-refractivity contribution in [1.29, 1.82) is 0 Å². The number of benzene rings is 1. The van der Waals surface area contributed by atoms with E-state index < -0.39 is 23.8 Å². The van der Waals surface area contributed by atoms with Gasteiger partial charge in [0.2, 0.25) is 11.8 Å². The standard InChI is InChI=1S/C20H22N4O4/c25-16-4-3-15(17(26)23-16)24-18(27)13-2-1-11(7-14(13)19(24)28)22-12-8-20(9-12)5-6-21-10-20/h1-2,7,12,15,21-22H,3-6,8-10H2,(H,23,25,26). The average molecular weight is 382 g/mol. The first-order valence-electron chi connectivity index (χ1n) is 9.79. The number of carbonyl (C=O) groups excluding carboxylic acids is 4. The molecule has 1 saturated carbocycles. The second-order valence-electron chi connectivity index (χ2n) is 8.38. The maximum absolute atomic E-state index is 12.9. The van der Waals surface area contributed by atoms with E-state index in [-0.39, 0.29) is 18.7 Å². The molecule has 1 aromatic rings. The van der Waals surface area contributed by atoms with Crippen molar-refractivity contribution in [2.75, 3.05) is 18.4 Å². The van der Waals surface area contributed by atoms with Crippen LogP contribution in [0.15, 0.2) is 18.2 Å². The van der Waals surface area contributed by atoms with Gasteiger partial charge in [-0.25, -0.2) is 0 Å². The van der Waals surface area contributed by atoms with E-state index >= 15 is 0 Å². The Hall–Kier alpha value is -2.74. The number of anilines is 1. The molecule has 3 aliphatic heterocycles. The summed E-state index contributed by atoms with van der Waals surface area (Å²) >= 11 is 0. The van der Waals surface area contributed by atoms with E-state index in [1.807, 2.05) is 6.07 Å². The van der Waals surface area contributed by atoms with Gasteiger partial charge >= 0.3 is 0 Å². The minimum atomic E-state index is -0.928. The highest BCUT2D eigenvalue weighted by molar-refractivity contribution is 6.23. The van der Waals surface area contributed by atoms with E-state index in [1.165, 1.54) is 6.42 Å². The molecule has 2 saturated heterocycles. The second kappa shape index (κ2) is 6.13. The van der Waals surface area contributed by atoms with Gasteiger partial charge in [0.15, 0.2) is 0 Å². The number of carbonyl (C=O) groups is 4. The van der Waals surface area contributed by atoms with Crippen LogP contribution < -0.4 is 16.0 Å². The summed E-state index contributed by atoms with van der Waals surface area (Å²) in [5, 5.41) is 9.10. The Morgan fingerprint density at radius 1 is 1.07 bits per heavy atom. The predicted molar refractivity (Wildman–Crippen MR) is 99.7 cm³/mol. The molecule has 1 spiro atoms. The quantitative estimate of drug-likeness (QED) is 0.663. The number of nitrogens with zero attached hydrogens (tertiary/aromatic N) is 1. The summed E-state index contributed by atoms with van der Waals surface area (Å²) in [4.78, 5) is 50.1. The molecule has 3 N–H and O–H groups in total. The first kappa shape index (κ1) is 17.4. The molecular weight excluding hydrogens is 360 g/mol. The Bertz CT molecular complexity index is 897. The highest BCUT2D eigenvalue weighted by atomic mass is 16.2. The summed E-state index contributed by atoms with van der Waals surface area (Å²) in [6.07, 6.45) is 3.70. The molecule has 4 aliphatic rings. The van der Waals surface area contributed by atoms with E-state index in [0.29, 0.717) is 22.6 Å². The zero-order valence-corrected chi connectivity index (χ0v) is 15.4. The maximum atomic E-state index is 12.9. The Labute approximate surface area is 162 Å². The van der Waals surface area contributed by atoms with Gasteiger partial charge in [0.25, 0.3) is 11.8 Å². The third-order valence-corrected chi connectivity index (χ3v) is 6.50. The normalized spacial score (nSPS) is 31.8. The Morgan fingerprint density at radius 3 is 2.57 bits per heavy atom. The van der Waals surface area contributed by atoms with Crippen molar-refractivity contribution in [1.82, 2.24) is 15.5 Å². The third-order valence-electron chi connectivity index (χ3n) is 6.50. The monoisotopic (exact) mass is 382 g/mol. The van der Waals surface area contributed by atoms with Gasteiger partial charge in [0.05, 0.1) is 11.1 Å². The molecule has 4 amide bonds. The lowest BCUT2D eigenvalue weighted by Crippen LogP contribution is -2.54. The largest absolute Gasteiger partial charge is 0.382 e. The van der Waals surface area contributed by atoms with Crippen LogP contribution in [-0.4, -0.2) is 53.7 Å². The summed E-state index contributed by atoms with van der Waals surface area (Å²) in [5.41, 5.74) is 1.86. The molecule has 3 heterocycles. The van der Waals surface area contributed by atoms with E-state index in [2.05, 4.69) is 16.0 Å². The lowest BCUT2D eigenvalue weighted by atomic mass is 9.65. The van der Waals surface area contributed by atoms with Crippen molar-refractivity contribution >= 4 is 29.3 Å². The molecule has 5 rings (SSSR count). The fourth-order valence-electron chi connectivity index (χ4n) is 5.03. The van der Waals surface area contributed by atoms with Gasteiger partial charge in [-0.15, -0.1) is 0 Å². The highest BCUT2D eigenvalue weighted by Crippen LogP contribution is 2.46. The Kier molecular flexibility index (Phi) is 3.80. The lowest BCUT2D eigenvalue weighted by Gasteiger charge is -2.45. The molecule has 146 valence electrons. The van der Waals surface area contributed by atoms with Gasteiger partial charge in [-0.2, -0.15) is 0 Å². The number of nitrogens with one attached hydrogen (secondary N) is 3. The van der Waals surface area contributed by atoms with Crippen molar-refractivity contribution in [2.24, 2.45) is 5.41 Å². The summed E-state index contributed by atoms with van der Waals surface area (Å²) in [6, 6.07) is 4.61. The molecular formula is C20H22N4O4. The number of fused-ring (bicyclic) bond motifs is 1. The Balaban J connectivity index is 1.32. The number of hydrogen-bond acceptors (Lipinski definition) is 6. The van der Waals surface area contributed by atoms with E-state index in [4.69, 9.17) is 0 Å². The molecule has 1 aliphatic carbocycles. The van der Waals surface area contributed by atoms with E-state index in [0.717, 1.165) is 36.5 Å². The fraction of sp³-hybridized carbons (Fsp3) is 0.500. The molecule has 1 atom stereocenters. The molecule has 3 fully saturated rings. The molecule has 8 heteroatoms. The number of hydrogen-bond donors (Lipinski definition) is 3.